The number of anilines is 2. The Kier molecular flexibility index (Phi) is 6.09. The van der Waals surface area contributed by atoms with E-state index in [2.05, 4.69) is 31.8 Å². The number of amides is 4. The van der Waals surface area contributed by atoms with Crippen molar-refractivity contribution in [1.29, 1.82) is 0 Å². The minimum absolute atomic E-state index is 0.0986. The van der Waals surface area contributed by atoms with Gasteiger partial charge in [0, 0.05) is 43.4 Å². The van der Waals surface area contributed by atoms with Crippen LogP contribution in [0.5, 0.6) is 0 Å². The third-order valence-corrected chi connectivity index (χ3v) is 8.67. The van der Waals surface area contributed by atoms with Crippen molar-refractivity contribution in [1.82, 2.24) is 25.0 Å². The molecule has 0 bridgehead atoms. The first-order valence-electron chi connectivity index (χ1n) is 14.2. The number of imide groups is 2. The van der Waals surface area contributed by atoms with Crippen molar-refractivity contribution in [3.05, 3.63) is 59.5 Å². The minimum atomic E-state index is -0.963. The lowest BCUT2D eigenvalue weighted by atomic mass is 9.80. The van der Waals surface area contributed by atoms with Gasteiger partial charge in [-0.15, -0.1) is 0 Å². The SMILES string of the molecule is CNc1ccc(-c2cn([C@H]3C[C@H](CNc4ccc5c(c4)C(=O)N(C4CCC(=O)NC4=O)C5=O)C3)nc2C2CC2)nc1. The maximum absolute atomic E-state index is 13.1. The fraction of sp³-hybridized carbons (Fsp3) is 0.400. The number of rotatable bonds is 8. The lowest BCUT2D eigenvalue weighted by molar-refractivity contribution is -0.136. The number of piperidine rings is 1. The number of carbonyl (C=O) groups excluding carboxylic acids is 4. The van der Waals surface area contributed by atoms with Crippen LogP contribution < -0.4 is 16.0 Å². The first-order valence-corrected chi connectivity index (χ1v) is 14.2. The zero-order chi connectivity index (χ0) is 28.2. The molecule has 7 rings (SSSR count). The molecular weight excluding hydrogens is 522 g/mol. The van der Waals surface area contributed by atoms with Crippen LogP contribution in [0.15, 0.2) is 42.7 Å². The van der Waals surface area contributed by atoms with E-state index in [9.17, 15) is 19.2 Å². The van der Waals surface area contributed by atoms with Crippen molar-refractivity contribution in [2.45, 2.75) is 56.5 Å². The molecule has 3 fully saturated rings. The third-order valence-electron chi connectivity index (χ3n) is 8.67. The maximum Gasteiger partial charge on any atom is 0.262 e. The van der Waals surface area contributed by atoms with Gasteiger partial charge in [0.1, 0.15) is 6.04 Å². The molecule has 4 heterocycles. The second-order valence-electron chi connectivity index (χ2n) is 11.4. The lowest BCUT2D eigenvalue weighted by Crippen LogP contribution is -2.54. The zero-order valence-corrected chi connectivity index (χ0v) is 22.7. The molecule has 210 valence electrons. The predicted molar refractivity (Wildman–Crippen MR) is 150 cm³/mol. The number of hydrogen-bond donors (Lipinski definition) is 3. The van der Waals surface area contributed by atoms with Gasteiger partial charge in [0.15, 0.2) is 0 Å². The lowest BCUT2D eigenvalue weighted by Gasteiger charge is -2.35. The summed E-state index contributed by atoms with van der Waals surface area (Å²) in [5.41, 5.74) is 5.53. The van der Waals surface area contributed by atoms with Crippen LogP contribution in [0, 0.1) is 5.92 Å². The van der Waals surface area contributed by atoms with E-state index in [1.807, 2.05) is 25.4 Å². The summed E-state index contributed by atoms with van der Waals surface area (Å²) < 4.78 is 2.12. The first kappa shape index (κ1) is 25.4. The van der Waals surface area contributed by atoms with Gasteiger partial charge in [0.25, 0.3) is 11.8 Å². The van der Waals surface area contributed by atoms with E-state index in [1.54, 1.807) is 18.2 Å². The Labute approximate surface area is 236 Å². The Morgan fingerprint density at radius 2 is 1.73 bits per heavy atom. The molecule has 2 aromatic heterocycles. The topological polar surface area (TPSA) is 138 Å². The smallest absolute Gasteiger partial charge is 0.262 e. The van der Waals surface area contributed by atoms with E-state index in [0.717, 1.165) is 52.6 Å². The molecule has 2 aliphatic heterocycles. The summed E-state index contributed by atoms with van der Waals surface area (Å²) >= 11 is 0. The van der Waals surface area contributed by atoms with Crippen LogP contribution >= 0.6 is 0 Å². The van der Waals surface area contributed by atoms with Crippen molar-refractivity contribution in [2.75, 3.05) is 24.2 Å². The molecule has 0 spiro atoms. The predicted octanol–water partition coefficient (Wildman–Crippen LogP) is 3.33. The Morgan fingerprint density at radius 1 is 0.951 bits per heavy atom. The van der Waals surface area contributed by atoms with Crippen molar-refractivity contribution in [3.8, 4) is 11.3 Å². The number of benzene rings is 1. The molecule has 1 aromatic carbocycles. The highest BCUT2D eigenvalue weighted by molar-refractivity contribution is 6.23. The number of fused-ring (bicyclic) bond motifs is 1. The molecule has 1 saturated heterocycles. The van der Waals surface area contributed by atoms with Gasteiger partial charge in [0.05, 0.1) is 40.4 Å². The maximum atomic E-state index is 13.1. The zero-order valence-electron chi connectivity index (χ0n) is 22.7. The van der Waals surface area contributed by atoms with E-state index in [-0.39, 0.29) is 29.9 Å². The molecule has 2 saturated carbocycles. The van der Waals surface area contributed by atoms with E-state index < -0.39 is 23.8 Å². The second-order valence-corrected chi connectivity index (χ2v) is 11.4. The van der Waals surface area contributed by atoms with Crippen LogP contribution in [0.1, 0.15) is 76.9 Å². The quantitative estimate of drug-likeness (QED) is 0.361. The van der Waals surface area contributed by atoms with E-state index in [4.69, 9.17) is 5.10 Å². The van der Waals surface area contributed by atoms with Crippen LogP contribution in [0.4, 0.5) is 11.4 Å². The van der Waals surface area contributed by atoms with Crippen LogP contribution in [-0.4, -0.2) is 62.9 Å². The van der Waals surface area contributed by atoms with Crippen LogP contribution in [-0.2, 0) is 9.59 Å². The van der Waals surface area contributed by atoms with Gasteiger partial charge >= 0.3 is 0 Å². The molecule has 4 amide bonds. The van der Waals surface area contributed by atoms with Crippen LogP contribution in [0.3, 0.4) is 0 Å². The van der Waals surface area contributed by atoms with Crippen molar-refractivity contribution >= 4 is 35.0 Å². The van der Waals surface area contributed by atoms with Crippen LogP contribution in [0.25, 0.3) is 11.3 Å². The van der Waals surface area contributed by atoms with Crippen molar-refractivity contribution < 1.29 is 19.2 Å². The van der Waals surface area contributed by atoms with E-state index >= 15 is 0 Å². The van der Waals surface area contributed by atoms with Gasteiger partial charge in [-0.25, -0.2) is 0 Å². The van der Waals surface area contributed by atoms with Gasteiger partial charge in [0.2, 0.25) is 11.8 Å². The second kappa shape index (κ2) is 9.83. The Balaban J connectivity index is 0.983. The average molecular weight is 554 g/mol. The van der Waals surface area contributed by atoms with Crippen LogP contribution in [0.2, 0.25) is 0 Å². The van der Waals surface area contributed by atoms with Crippen molar-refractivity contribution in [3.63, 3.8) is 0 Å². The molecule has 11 heteroatoms. The number of nitrogens with one attached hydrogen (secondary N) is 3. The number of carbonyl (C=O) groups is 4. The molecule has 1 atom stereocenters. The summed E-state index contributed by atoms with van der Waals surface area (Å²) in [6.07, 6.45) is 8.59. The normalized spacial score (nSPS) is 23.7. The Bertz CT molecular complexity index is 1570. The molecule has 4 aliphatic rings. The highest BCUT2D eigenvalue weighted by atomic mass is 16.2. The first-order chi connectivity index (χ1) is 19.9. The number of nitrogens with zero attached hydrogens (tertiary/aromatic N) is 4. The van der Waals surface area contributed by atoms with Gasteiger partial charge in [-0.2, -0.15) is 5.10 Å². The summed E-state index contributed by atoms with van der Waals surface area (Å²) in [7, 11) is 1.88. The van der Waals surface area contributed by atoms with Crippen molar-refractivity contribution in [2.24, 2.45) is 5.92 Å². The highest BCUT2D eigenvalue weighted by Crippen LogP contribution is 2.45. The van der Waals surface area contributed by atoms with Gasteiger partial charge in [-0.3, -0.25) is 39.1 Å². The standard InChI is InChI=1S/C30H31N7O4/c1-31-19-5-7-24(33-14-19)23-15-36(35-27(23)17-2-3-17)20-10-16(11-20)13-32-18-4-6-21-22(12-18)30(41)37(29(21)40)25-8-9-26(38)34-28(25)39/h4-7,12,14-17,20,25,31-32H,2-3,8-11,13H2,1H3,(H,34,38,39)/t16-,20-,25?. The number of hydrogen-bond acceptors (Lipinski definition) is 8. The Hall–Kier alpha value is -4.54. The fourth-order valence-corrected chi connectivity index (χ4v) is 6.08. The summed E-state index contributed by atoms with van der Waals surface area (Å²) in [6, 6.07) is 8.58. The molecular formula is C30H31N7O4. The average Bonchev–Trinajstić information content (AvgIpc) is 3.66. The monoisotopic (exact) mass is 553 g/mol. The highest BCUT2D eigenvalue weighted by Gasteiger charge is 2.44. The summed E-state index contributed by atoms with van der Waals surface area (Å²) in [5, 5.41) is 13.8. The molecule has 3 N–H and O–H groups in total. The summed E-state index contributed by atoms with van der Waals surface area (Å²) in [5.74, 6) is -1.01. The molecule has 3 aromatic rings. The van der Waals surface area contributed by atoms with E-state index in [1.165, 1.54) is 12.8 Å². The summed E-state index contributed by atoms with van der Waals surface area (Å²) in [4.78, 5) is 55.5. The Morgan fingerprint density at radius 3 is 2.44 bits per heavy atom. The van der Waals surface area contributed by atoms with Gasteiger partial charge < -0.3 is 10.6 Å². The van der Waals surface area contributed by atoms with Gasteiger partial charge in [-0.1, -0.05) is 0 Å². The molecule has 1 unspecified atom stereocenters. The van der Waals surface area contributed by atoms with Gasteiger partial charge in [-0.05, 0) is 68.4 Å². The fourth-order valence-electron chi connectivity index (χ4n) is 6.08. The minimum Gasteiger partial charge on any atom is -0.387 e. The molecule has 0 radical (unpaired) electrons. The number of pyridine rings is 1. The largest absolute Gasteiger partial charge is 0.387 e. The van der Waals surface area contributed by atoms with E-state index in [0.29, 0.717) is 17.9 Å². The third kappa shape index (κ3) is 4.55. The summed E-state index contributed by atoms with van der Waals surface area (Å²) in [6.45, 7) is 0.741. The molecule has 11 nitrogen and oxygen atoms in total. The molecule has 2 aliphatic carbocycles. The molecule has 41 heavy (non-hydrogen) atoms. The number of aromatic nitrogens is 3.